The maximum atomic E-state index is 14.4. The van der Waals surface area contributed by atoms with Gasteiger partial charge in [-0.3, -0.25) is 9.59 Å². The van der Waals surface area contributed by atoms with E-state index in [9.17, 15) is 14.0 Å². The second-order valence-corrected chi connectivity index (χ2v) is 7.64. The molecule has 1 amide bonds. The molecule has 0 unspecified atom stereocenters. The third-order valence-electron chi connectivity index (χ3n) is 4.86. The zero-order valence-corrected chi connectivity index (χ0v) is 16.3. The molecule has 8 heteroatoms. The van der Waals surface area contributed by atoms with E-state index in [2.05, 4.69) is 5.32 Å². The van der Waals surface area contributed by atoms with Crippen molar-refractivity contribution >= 4 is 25.1 Å². The fourth-order valence-corrected chi connectivity index (χ4v) is 2.60. The molecule has 2 rings (SSSR count). The second-order valence-electron chi connectivity index (χ2n) is 7.64. The fraction of sp³-hybridized carbons (Fsp3) is 0.474. The highest BCUT2D eigenvalue weighted by atomic mass is 19.1. The quantitative estimate of drug-likeness (QED) is 0.745. The number of hydrogen-bond acceptors (Lipinski definition) is 4. The number of carbonyl (C=O) groups is 2. The van der Waals surface area contributed by atoms with E-state index in [0.717, 1.165) is 0 Å². The van der Waals surface area contributed by atoms with E-state index >= 15 is 0 Å². The first-order valence-electron chi connectivity index (χ1n) is 8.72. The number of rotatable bonds is 6. The predicted molar refractivity (Wildman–Crippen MR) is 100 cm³/mol. The van der Waals surface area contributed by atoms with Crippen molar-refractivity contribution in [2.45, 2.75) is 52.2 Å². The van der Waals surface area contributed by atoms with Crippen LogP contribution in [0, 0.1) is 5.82 Å². The van der Waals surface area contributed by atoms with Crippen molar-refractivity contribution in [3.05, 3.63) is 40.6 Å². The van der Waals surface area contributed by atoms with Crippen LogP contribution in [0.5, 0.6) is 0 Å². The van der Waals surface area contributed by atoms with E-state index in [4.69, 9.17) is 14.4 Å². The van der Waals surface area contributed by atoms with Crippen LogP contribution in [-0.4, -0.2) is 41.8 Å². The third-order valence-corrected chi connectivity index (χ3v) is 4.86. The lowest BCUT2D eigenvalue weighted by Crippen LogP contribution is -2.41. The molecule has 2 N–H and O–H groups in total. The summed E-state index contributed by atoms with van der Waals surface area (Å²) in [5.41, 5.74) is 0.0532. The summed E-state index contributed by atoms with van der Waals surface area (Å²) >= 11 is 0. The van der Waals surface area contributed by atoms with E-state index < -0.39 is 30.1 Å². The molecule has 27 heavy (non-hydrogen) atoms. The summed E-state index contributed by atoms with van der Waals surface area (Å²) in [5, 5.41) is 11.5. The summed E-state index contributed by atoms with van der Waals surface area (Å²) in [6.45, 7) is 9.16. The molecule has 0 saturated carbocycles. The van der Waals surface area contributed by atoms with Crippen molar-refractivity contribution < 1.29 is 28.4 Å². The summed E-state index contributed by atoms with van der Waals surface area (Å²) in [6.07, 6.45) is 1.31. The minimum Gasteiger partial charge on any atom is -0.481 e. The van der Waals surface area contributed by atoms with Gasteiger partial charge < -0.3 is 19.7 Å². The maximum Gasteiger partial charge on any atom is 0.492 e. The lowest BCUT2D eigenvalue weighted by molar-refractivity contribution is -0.136. The molecule has 0 bridgehead atoms. The highest BCUT2D eigenvalue weighted by Crippen LogP contribution is 2.38. The molecular formula is C19H25BFNO5. The van der Waals surface area contributed by atoms with Crippen LogP contribution in [-0.2, 0) is 25.3 Å². The molecule has 1 aliphatic rings. The number of carbonyl (C=O) groups excluding carboxylic acids is 1. The first-order valence-corrected chi connectivity index (χ1v) is 8.72. The Morgan fingerprint density at radius 3 is 2.30 bits per heavy atom. The average molecular weight is 377 g/mol. The number of amides is 1. The number of halogens is 1. The largest absolute Gasteiger partial charge is 0.492 e. The van der Waals surface area contributed by atoms with Crippen molar-refractivity contribution in [3.63, 3.8) is 0 Å². The fourth-order valence-electron chi connectivity index (χ4n) is 2.60. The molecular weight excluding hydrogens is 352 g/mol. The number of hydrogen-bond donors (Lipinski definition) is 2. The zero-order chi connectivity index (χ0) is 20.4. The standard InChI is InChI=1S/C19H25BFNO5/c1-12(23)22-11-15(20-26-18(2,3)19(4,5)27-20)10-14-7-6-13(8-16(14)21)9-17(24)25/h6-8,10H,9,11H2,1-5H3,(H,22,23)(H,24,25). The minimum absolute atomic E-state index is 0.141. The Kier molecular flexibility index (Phi) is 6.12. The topological polar surface area (TPSA) is 84.9 Å². The van der Waals surface area contributed by atoms with Crippen LogP contribution in [0.1, 0.15) is 45.7 Å². The van der Waals surface area contributed by atoms with Crippen LogP contribution in [0.2, 0.25) is 0 Å². The Morgan fingerprint density at radius 1 is 1.22 bits per heavy atom. The molecule has 0 radical (unpaired) electrons. The number of carboxylic acid groups (broad SMARTS) is 1. The van der Waals surface area contributed by atoms with Crippen LogP contribution in [0.4, 0.5) is 4.39 Å². The van der Waals surface area contributed by atoms with E-state index in [1.165, 1.54) is 19.1 Å². The summed E-state index contributed by atoms with van der Waals surface area (Å²) in [6, 6.07) is 4.26. The van der Waals surface area contributed by atoms with E-state index in [-0.39, 0.29) is 24.4 Å². The van der Waals surface area contributed by atoms with E-state index in [0.29, 0.717) is 11.0 Å². The number of carboxylic acids is 1. The Hall–Kier alpha value is -2.19. The van der Waals surface area contributed by atoms with Gasteiger partial charge in [0.25, 0.3) is 0 Å². The Labute approximate surface area is 158 Å². The first-order chi connectivity index (χ1) is 12.4. The molecule has 1 aliphatic heterocycles. The number of aliphatic carboxylic acids is 1. The van der Waals surface area contributed by atoms with Crippen molar-refractivity contribution in [3.8, 4) is 0 Å². The molecule has 1 aromatic rings. The zero-order valence-electron chi connectivity index (χ0n) is 16.3. The number of benzene rings is 1. The van der Waals surface area contributed by atoms with Gasteiger partial charge in [0.15, 0.2) is 0 Å². The van der Waals surface area contributed by atoms with Gasteiger partial charge >= 0.3 is 13.1 Å². The Bertz CT molecular complexity index is 759. The summed E-state index contributed by atoms with van der Waals surface area (Å²) in [7, 11) is -0.736. The van der Waals surface area contributed by atoms with E-state index in [1.54, 1.807) is 12.1 Å². The van der Waals surface area contributed by atoms with Gasteiger partial charge in [0.2, 0.25) is 5.91 Å². The highest BCUT2D eigenvalue weighted by molar-refractivity contribution is 6.56. The molecule has 1 fully saturated rings. The molecule has 1 heterocycles. The average Bonchev–Trinajstić information content (AvgIpc) is 2.72. The van der Waals surface area contributed by atoms with Crippen molar-refractivity contribution in [2.75, 3.05) is 6.54 Å². The first kappa shape index (κ1) is 21.1. The van der Waals surface area contributed by atoms with Gasteiger partial charge in [-0.2, -0.15) is 0 Å². The van der Waals surface area contributed by atoms with Crippen LogP contribution >= 0.6 is 0 Å². The molecule has 1 saturated heterocycles. The molecule has 146 valence electrons. The van der Waals surface area contributed by atoms with Gasteiger partial charge in [0.05, 0.1) is 17.6 Å². The van der Waals surface area contributed by atoms with Crippen LogP contribution < -0.4 is 5.32 Å². The second kappa shape index (κ2) is 7.82. The lowest BCUT2D eigenvalue weighted by Gasteiger charge is -2.32. The highest BCUT2D eigenvalue weighted by Gasteiger charge is 2.52. The Morgan fingerprint density at radius 2 is 1.81 bits per heavy atom. The SMILES string of the molecule is CC(=O)NCC(=Cc1ccc(CC(=O)O)cc1F)B1OC(C)(C)C(C)(C)O1. The predicted octanol–water partition coefficient (Wildman–Crippen LogP) is 2.60. The normalized spacial score (nSPS) is 18.4. The smallest absolute Gasteiger partial charge is 0.481 e. The number of nitrogens with one attached hydrogen (secondary N) is 1. The summed E-state index contributed by atoms with van der Waals surface area (Å²) in [4.78, 5) is 22.1. The molecule has 1 aromatic carbocycles. The van der Waals surface area contributed by atoms with Gasteiger partial charge in [0, 0.05) is 19.0 Å². The molecule has 0 aliphatic carbocycles. The molecule has 0 atom stereocenters. The van der Waals surface area contributed by atoms with Gasteiger partial charge in [0.1, 0.15) is 5.82 Å². The van der Waals surface area contributed by atoms with Gasteiger partial charge in [-0.1, -0.05) is 18.2 Å². The van der Waals surface area contributed by atoms with Gasteiger partial charge in [-0.25, -0.2) is 4.39 Å². The third kappa shape index (κ3) is 5.17. The van der Waals surface area contributed by atoms with E-state index in [1.807, 2.05) is 27.7 Å². The van der Waals surface area contributed by atoms with Crippen molar-refractivity contribution in [1.29, 1.82) is 0 Å². The van der Waals surface area contributed by atoms with Crippen molar-refractivity contribution in [1.82, 2.24) is 5.32 Å². The molecule has 0 aromatic heterocycles. The van der Waals surface area contributed by atoms with Crippen molar-refractivity contribution in [2.24, 2.45) is 0 Å². The molecule has 0 spiro atoms. The molecule has 6 nitrogen and oxygen atoms in total. The monoisotopic (exact) mass is 377 g/mol. The maximum absolute atomic E-state index is 14.4. The van der Waals surface area contributed by atoms with Crippen LogP contribution in [0.3, 0.4) is 0 Å². The van der Waals surface area contributed by atoms with Crippen LogP contribution in [0.15, 0.2) is 23.7 Å². The van der Waals surface area contributed by atoms with Gasteiger partial charge in [-0.15, -0.1) is 0 Å². The summed E-state index contributed by atoms with van der Waals surface area (Å²) < 4.78 is 26.5. The summed E-state index contributed by atoms with van der Waals surface area (Å²) in [5.74, 6) is -1.80. The van der Waals surface area contributed by atoms with Gasteiger partial charge in [-0.05, 0) is 44.8 Å². The lowest BCUT2D eigenvalue weighted by atomic mass is 9.77. The van der Waals surface area contributed by atoms with Crippen LogP contribution in [0.25, 0.3) is 6.08 Å². The Balaban J connectivity index is 2.34. The minimum atomic E-state index is -1.03.